The Balaban J connectivity index is 1.91. The summed E-state index contributed by atoms with van der Waals surface area (Å²) < 4.78 is 5.28. The highest BCUT2D eigenvalue weighted by Crippen LogP contribution is 2.25. The summed E-state index contributed by atoms with van der Waals surface area (Å²) in [6.45, 7) is 6.81. The van der Waals surface area contributed by atoms with Crippen LogP contribution in [-0.2, 0) is 9.59 Å². The van der Waals surface area contributed by atoms with E-state index in [-0.39, 0.29) is 11.8 Å². The zero-order valence-corrected chi connectivity index (χ0v) is 15.5. The maximum atomic E-state index is 12.4. The van der Waals surface area contributed by atoms with Gasteiger partial charge in [-0.25, -0.2) is 4.79 Å². The van der Waals surface area contributed by atoms with Gasteiger partial charge in [-0.2, -0.15) is 0 Å². The molecular formula is C19H26N2O5. The van der Waals surface area contributed by atoms with Crippen molar-refractivity contribution in [3.8, 4) is 5.75 Å². The average molecular weight is 362 g/mol. The second kappa shape index (κ2) is 8.69. The van der Waals surface area contributed by atoms with Gasteiger partial charge in [0.05, 0.1) is 0 Å². The molecule has 1 aromatic carbocycles. The number of carbonyl (C=O) groups excluding carboxylic acids is 2. The van der Waals surface area contributed by atoms with E-state index in [4.69, 9.17) is 9.84 Å². The molecule has 0 spiro atoms. The van der Waals surface area contributed by atoms with E-state index in [0.29, 0.717) is 23.8 Å². The molecule has 2 rings (SSSR count). The molecule has 1 fully saturated rings. The van der Waals surface area contributed by atoms with E-state index in [2.05, 4.69) is 5.32 Å². The number of carboxylic acids is 1. The quantitative estimate of drug-likeness (QED) is 0.804. The predicted octanol–water partition coefficient (Wildman–Crippen LogP) is 1.76. The summed E-state index contributed by atoms with van der Waals surface area (Å²) in [6, 6.07) is 3.41. The third-order valence-corrected chi connectivity index (χ3v) is 4.67. The first-order valence-corrected chi connectivity index (χ1v) is 8.77. The first-order chi connectivity index (χ1) is 12.3. The smallest absolute Gasteiger partial charge is 0.341 e. The van der Waals surface area contributed by atoms with Crippen molar-refractivity contribution >= 4 is 17.8 Å². The lowest BCUT2D eigenvalue weighted by Gasteiger charge is -2.31. The summed E-state index contributed by atoms with van der Waals surface area (Å²) in [7, 11) is 0. The lowest BCUT2D eigenvalue weighted by molar-refractivity contribution is -0.139. The summed E-state index contributed by atoms with van der Waals surface area (Å²) >= 11 is 0. The lowest BCUT2D eigenvalue weighted by atomic mass is 9.96. The van der Waals surface area contributed by atoms with Gasteiger partial charge in [0.2, 0.25) is 5.91 Å². The van der Waals surface area contributed by atoms with Gasteiger partial charge in [-0.1, -0.05) is 0 Å². The molecule has 0 radical (unpaired) electrons. The zero-order chi connectivity index (χ0) is 19.3. The normalized spacial score (nSPS) is 14.8. The molecule has 0 atom stereocenters. The van der Waals surface area contributed by atoms with E-state index in [1.165, 1.54) is 0 Å². The minimum Gasteiger partial charge on any atom is -0.481 e. The number of carbonyl (C=O) groups is 3. The number of hydrogen-bond acceptors (Lipinski definition) is 4. The van der Waals surface area contributed by atoms with Crippen molar-refractivity contribution < 1.29 is 24.2 Å². The van der Waals surface area contributed by atoms with Gasteiger partial charge in [-0.3, -0.25) is 9.59 Å². The van der Waals surface area contributed by atoms with E-state index in [1.807, 2.05) is 4.90 Å². The third-order valence-electron chi connectivity index (χ3n) is 4.67. The summed E-state index contributed by atoms with van der Waals surface area (Å²) in [6.07, 6.45) is 1.78. The van der Waals surface area contributed by atoms with Crippen LogP contribution >= 0.6 is 0 Å². The molecule has 1 aliphatic rings. The van der Waals surface area contributed by atoms with Gasteiger partial charge in [0.15, 0.2) is 6.61 Å². The molecule has 1 saturated heterocycles. The maximum Gasteiger partial charge on any atom is 0.341 e. The molecule has 142 valence electrons. The Morgan fingerprint density at radius 3 is 2.27 bits per heavy atom. The maximum absolute atomic E-state index is 12.4. The number of nitrogens with one attached hydrogen (secondary N) is 1. The van der Waals surface area contributed by atoms with Crippen molar-refractivity contribution in [2.24, 2.45) is 5.92 Å². The molecule has 26 heavy (non-hydrogen) atoms. The van der Waals surface area contributed by atoms with Crippen LogP contribution in [0.4, 0.5) is 0 Å². The molecule has 1 aliphatic heterocycles. The number of piperidine rings is 1. The van der Waals surface area contributed by atoms with Crippen molar-refractivity contribution in [3.63, 3.8) is 0 Å². The van der Waals surface area contributed by atoms with Gasteiger partial charge in [0.1, 0.15) is 5.75 Å². The van der Waals surface area contributed by atoms with Crippen molar-refractivity contribution in [3.05, 3.63) is 28.8 Å². The number of hydrogen-bond donors (Lipinski definition) is 2. The van der Waals surface area contributed by atoms with E-state index >= 15 is 0 Å². The number of nitrogens with zero attached hydrogens (tertiary/aromatic N) is 1. The standard InChI is InChI=1S/C19H26N2O5/c1-12-8-16(9-13(2)18(12)26-11-17(23)24)19(25)20-10-15-4-6-21(7-5-15)14(3)22/h8-9,15H,4-7,10-11H2,1-3H3,(H,20,25)(H,23,24). The largest absolute Gasteiger partial charge is 0.481 e. The molecule has 7 nitrogen and oxygen atoms in total. The number of amides is 2. The number of aryl methyl sites for hydroxylation is 2. The molecule has 7 heteroatoms. The molecular weight excluding hydrogens is 336 g/mol. The van der Waals surface area contributed by atoms with E-state index in [1.54, 1.807) is 32.9 Å². The molecule has 0 saturated carbocycles. The van der Waals surface area contributed by atoms with Crippen molar-refractivity contribution in [1.82, 2.24) is 10.2 Å². The fraction of sp³-hybridized carbons (Fsp3) is 0.526. The molecule has 1 heterocycles. The molecule has 0 unspecified atom stereocenters. The van der Waals surface area contributed by atoms with Crippen LogP contribution in [0.1, 0.15) is 41.3 Å². The summed E-state index contributed by atoms with van der Waals surface area (Å²) in [5.41, 5.74) is 1.99. The monoisotopic (exact) mass is 362 g/mol. The number of likely N-dealkylation sites (tertiary alicyclic amines) is 1. The zero-order valence-electron chi connectivity index (χ0n) is 15.5. The highest BCUT2D eigenvalue weighted by molar-refractivity contribution is 5.95. The summed E-state index contributed by atoms with van der Waals surface area (Å²) in [4.78, 5) is 36.3. The van der Waals surface area contributed by atoms with Gasteiger partial charge in [-0.05, 0) is 55.9 Å². The van der Waals surface area contributed by atoms with Crippen LogP contribution in [0.2, 0.25) is 0 Å². The van der Waals surface area contributed by atoms with E-state index in [0.717, 1.165) is 37.1 Å². The van der Waals surface area contributed by atoms with Crippen LogP contribution < -0.4 is 10.1 Å². The van der Waals surface area contributed by atoms with E-state index in [9.17, 15) is 14.4 Å². The average Bonchev–Trinajstić information content (AvgIpc) is 2.58. The topological polar surface area (TPSA) is 95.9 Å². The van der Waals surface area contributed by atoms with Crippen molar-refractivity contribution in [2.45, 2.75) is 33.6 Å². The lowest BCUT2D eigenvalue weighted by Crippen LogP contribution is -2.40. The van der Waals surface area contributed by atoms with Crippen LogP contribution in [0.25, 0.3) is 0 Å². The van der Waals surface area contributed by atoms with Crippen LogP contribution in [0, 0.1) is 19.8 Å². The molecule has 0 aromatic heterocycles. The summed E-state index contributed by atoms with van der Waals surface area (Å²) in [5.74, 6) is -0.226. The minimum atomic E-state index is -1.04. The second-order valence-electron chi connectivity index (χ2n) is 6.78. The third kappa shape index (κ3) is 5.21. The van der Waals surface area contributed by atoms with Gasteiger partial charge >= 0.3 is 5.97 Å². The van der Waals surface area contributed by atoms with Gasteiger partial charge in [-0.15, -0.1) is 0 Å². The molecule has 0 bridgehead atoms. The minimum absolute atomic E-state index is 0.101. The Kier molecular flexibility index (Phi) is 6.60. The first-order valence-electron chi connectivity index (χ1n) is 8.77. The number of ether oxygens (including phenoxy) is 1. The SMILES string of the molecule is CC(=O)N1CCC(CNC(=O)c2cc(C)c(OCC(=O)O)c(C)c2)CC1. The number of benzene rings is 1. The first kappa shape index (κ1) is 19.8. The number of rotatable bonds is 6. The van der Waals surface area contributed by atoms with Gasteiger partial charge < -0.3 is 20.1 Å². The Hall–Kier alpha value is -2.57. The highest BCUT2D eigenvalue weighted by Gasteiger charge is 2.21. The van der Waals surface area contributed by atoms with Crippen LogP contribution in [0.3, 0.4) is 0 Å². The fourth-order valence-electron chi connectivity index (χ4n) is 3.23. The van der Waals surface area contributed by atoms with Crippen LogP contribution in [0.15, 0.2) is 12.1 Å². The van der Waals surface area contributed by atoms with Gasteiger partial charge in [0, 0.05) is 32.1 Å². The van der Waals surface area contributed by atoms with Crippen molar-refractivity contribution in [1.29, 1.82) is 0 Å². The fourth-order valence-corrected chi connectivity index (χ4v) is 3.23. The predicted molar refractivity (Wildman–Crippen MR) is 96.4 cm³/mol. The molecule has 1 aromatic rings. The van der Waals surface area contributed by atoms with Crippen LogP contribution in [-0.4, -0.2) is 54.0 Å². The van der Waals surface area contributed by atoms with Crippen LogP contribution in [0.5, 0.6) is 5.75 Å². The number of carboxylic acid groups (broad SMARTS) is 1. The summed E-state index contributed by atoms with van der Waals surface area (Å²) in [5, 5.41) is 11.7. The van der Waals surface area contributed by atoms with Crippen molar-refractivity contribution in [2.75, 3.05) is 26.2 Å². The Morgan fingerprint density at radius 1 is 1.19 bits per heavy atom. The molecule has 2 amide bonds. The molecule has 0 aliphatic carbocycles. The highest BCUT2D eigenvalue weighted by atomic mass is 16.5. The Bertz CT molecular complexity index is 670. The van der Waals surface area contributed by atoms with E-state index < -0.39 is 12.6 Å². The van der Waals surface area contributed by atoms with Gasteiger partial charge in [0.25, 0.3) is 5.91 Å². The Morgan fingerprint density at radius 2 is 1.77 bits per heavy atom. The molecule has 2 N–H and O–H groups in total. The second-order valence-corrected chi connectivity index (χ2v) is 6.78. The Labute approximate surface area is 153 Å². The number of aliphatic carboxylic acids is 1.